The van der Waals surface area contributed by atoms with Gasteiger partial charge in [-0.25, -0.2) is 9.97 Å². The van der Waals surface area contributed by atoms with Crippen molar-refractivity contribution in [1.82, 2.24) is 9.97 Å². The maximum absolute atomic E-state index is 10.7. The average Bonchev–Trinajstić information content (AvgIpc) is 2.13. The number of hydrogen-bond donors (Lipinski definition) is 2. The minimum absolute atomic E-state index is 0.0633. The zero-order valence-corrected chi connectivity index (χ0v) is 9.98. The highest BCUT2D eigenvalue weighted by Crippen LogP contribution is 2.15. The lowest BCUT2D eigenvalue weighted by Crippen LogP contribution is -2.34. The number of aliphatic carboxylic acids is 1. The molecule has 1 heterocycles. The van der Waals surface area contributed by atoms with Crippen molar-refractivity contribution in [3.8, 4) is 6.07 Å². The second kappa shape index (κ2) is 4.78. The van der Waals surface area contributed by atoms with E-state index in [9.17, 15) is 4.79 Å². The summed E-state index contributed by atoms with van der Waals surface area (Å²) in [5.74, 6) is -0.636. The number of carboxylic acid groups (broad SMARTS) is 1. The van der Waals surface area contributed by atoms with E-state index >= 15 is 0 Å². The SMILES string of the molecule is Cc1cc(C#N)nc(NC(C)(C)CC(=O)O)n1. The maximum atomic E-state index is 10.7. The molecule has 0 aromatic carbocycles. The Morgan fingerprint density at radius 2 is 2.24 bits per heavy atom. The van der Waals surface area contributed by atoms with Crippen LogP contribution in [-0.2, 0) is 4.79 Å². The third kappa shape index (κ3) is 4.07. The van der Waals surface area contributed by atoms with Gasteiger partial charge in [-0.2, -0.15) is 5.26 Å². The van der Waals surface area contributed by atoms with Gasteiger partial charge in [0.2, 0.25) is 5.95 Å². The highest BCUT2D eigenvalue weighted by Gasteiger charge is 2.22. The molecule has 0 saturated heterocycles. The first-order valence-electron chi connectivity index (χ1n) is 5.08. The number of nitrogens with zero attached hydrogens (tertiary/aromatic N) is 3. The lowest BCUT2D eigenvalue weighted by Gasteiger charge is -2.24. The molecule has 0 atom stereocenters. The number of hydrogen-bond acceptors (Lipinski definition) is 5. The van der Waals surface area contributed by atoms with Crippen LogP contribution >= 0.6 is 0 Å². The van der Waals surface area contributed by atoms with Gasteiger partial charge >= 0.3 is 5.97 Å². The Bertz CT molecular complexity index is 477. The molecule has 0 spiro atoms. The number of aryl methyl sites for hydroxylation is 1. The van der Waals surface area contributed by atoms with Gasteiger partial charge in [-0.15, -0.1) is 0 Å². The van der Waals surface area contributed by atoms with Gasteiger partial charge in [-0.1, -0.05) is 0 Å². The van der Waals surface area contributed by atoms with E-state index < -0.39 is 11.5 Å². The van der Waals surface area contributed by atoms with Crippen molar-refractivity contribution in [1.29, 1.82) is 5.26 Å². The third-order valence-electron chi connectivity index (χ3n) is 2.01. The molecule has 6 heteroatoms. The summed E-state index contributed by atoms with van der Waals surface area (Å²) in [6.45, 7) is 5.22. The van der Waals surface area contributed by atoms with Crippen molar-refractivity contribution in [3.05, 3.63) is 17.5 Å². The summed E-state index contributed by atoms with van der Waals surface area (Å²) >= 11 is 0. The lowest BCUT2D eigenvalue weighted by molar-refractivity contribution is -0.137. The summed E-state index contributed by atoms with van der Waals surface area (Å²) in [5.41, 5.74) is 0.239. The predicted octanol–water partition coefficient (Wildman–Crippen LogP) is 1.32. The van der Waals surface area contributed by atoms with Gasteiger partial charge in [0.05, 0.1) is 6.42 Å². The Morgan fingerprint density at radius 1 is 1.59 bits per heavy atom. The summed E-state index contributed by atoms with van der Waals surface area (Å²) in [5, 5.41) is 20.4. The molecule has 0 saturated carbocycles. The predicted molar refractivity (Wildman–Crippen MR) is 61.4 cm³/mol. The molecule has 6 nitrogen and oxygen atoms in total. The highest BCUT2D eigenvalue weighted by molar-refractivity contribution is 5.69. The van der Waals surface area contributed by atoms with Crippen molar-refractivity contribution < 1.29 is 9.90 Å². The van der Waals surface area contributed by atoms with Crippen molar-refractivity contribution in [2.75, 3.05) is 5.32 Å². The normalized spacial score (nSPS) is 10.7. The summed E-state index contributed by atoms with van der Waals surface area (Å²) in [6, 6.07) is 3.49. The van der Waals surface area contributed by atoms with Gasteiger partial charge in [-0.05, 0) is 26.8 Å². The number of rotatable bonds is 4. The van der Waals surface area contributed by atoms with E-state index in [1.54, 1.807) is 26.8 Å². The molecule has 0 aliphatic heterocycles. The van der Waals surface area contributed by atoms with Crippen LogP contribution in [-0.4, -0.2) is 26.6 Å². The molecule has 0 bridgehead atoms. The standard InChI is InChI=1S/C11H14N4O2/c1-7-4-8(6-12)14-10(13-7)15-11(2,3)5-9(16)17/h4H,5H2,1-3H3,(H,16,17)(H,13,14,15). The maximum Gasteiger partial charge on any atom is 0.305 e. The van der Waals surface area contributed by atoms with Crippen molar-refractivity contribution in [2.24, 2.45) is 0 Å². The molecule has 1 aromatic heterocycles. The first kappa shape index (κ1) is 12.9. The number of anilines is 1. The van der Waals surface area contributed by atoms with Gasteiger partial charge in [0, 0.05) is 11.2 Å². The number of nitriles is 1. The fourth-order valence-electron chi connectivity index (χ4n) is 1.41. The van der Waals surface area contributed by atoms with E-state index in [2.05, 4.69) is 15.3 Å². The van der Waals surface area contributed by atoms with Crippen LogP contribution in [0.2, 0.25) is 0 Å². The van der Waals surface area contributed by atoms with E-state index in [0.29, 0.717) is 5.69 Å². The largest absolute Gasteiger partial charge is 0.481 e. The van der Waals surface area contributed by atoms with Gasteiger partial charge in [0.15, 0.2) is 0 Å². The number of carbonyl (C=O) groups is 1. The van der Waals surface area contributed by atoms with Gasteiger partial charge in [-0.3, -0.25) is 4.79 Å². The summed E-state index contributed by atoms with van der Waals surface area (Å²) < 4.78 is 0. The summed E-state index contributed by atoms with van der Waals surface area (Å²) in [4.78, 5) is 18.7. The molecule has 0 aliphatic carbocycles. The smallest absolute Gasteiger partial charge is 0.305 e. The molecule has 0 unspecified atom stereocenters. The van der Waals surface area contributed by atoms with Crippen LogP contribution < -0.4 is 5.32 Å². The van der Waals surface area contributed by atoms with Crippen LogP contribution in [0.3, 0.4) is 0 Å². The van der Waals surface area contributed by atoms with Crippen LogP contribution in [0.25, 0.3) is 0 Å². The molecule has 17 heavy (non-hydrogen) atoms. The molecule has 90 valence electrons. The van der Waals surface area contributed by atoms with E-state index in [1.165, 1.54) is 0 Å². The summed E-state index contributed by atoms with van der Waals surface area (Å²) in [6.07, 6.45) is -0.0633. The molecule has 0 aliphatic rings. The fraction of sp³-hybridized carbons (Fsp3) is 0.455. The molecule has 0 radical (unpaired) electrons. The van der Waals surface area contributed by atoms with Crippen molar-refractivity contribution in [3.63, 3.8) is 0 Å². The molecule has 2 N–H and O–H groups in total. The zero-order chi connectivity index (χ0) is 13.1. The number of aromatic nitrogens is 2. The quantitative estimate of drug-likeness (QED) is 0.815. The topological polar surface area (TPSA) is 98.9 Å². The second-order valence-electron chi connectivity index (χ2n) is 4.41. The Balaban J connectivity index is 2.91. The van der Waals surface area contributed by atoms with Crippen LogP contribution in [0.4, 0.5) is 5.95 Å². The van der Waals surface area contributed by atoms with Crippen molar-refractivity contribution in [2.45, 2.75) is 32.7 Å². The minimum Gasteiger partial charge on any atom is -0.481 e. The zero-order valence-electron chi connectivity index (χ0n) is 9.98. The Kier molecular flexibility index (Phi) is 3.63. The molecule has 1 aromatic rings. The van der Waals surface area contributed by atoms with E-state index in [1.807, 2.05) is 6.07 Å². The average molecular weight is 234 g/mol. The van der Waals surface area contributed by atoms with E-state index in [4.69, 9.17) is 10.4 Å². The molecular formula is C11H14N4O2. The number of carboxylic acids is 1. The Morgan fingerprint density at radius 3 is 2.76 bits per heavy atom. The van der Waals surface area contributed by atoms with Crippen LogP contribution in [0.15, 0.2) is 6.07 Å². The van der Waals surface area contributed by atoms with Crippen LogP contribution in [0.1, 0.15) is 31.7 Å². The van der Waals surface area contributed by atoms with Gasteiger partial charge < -0.3 is 10.4 Å². The molecule has 0 amide bonds. The minimum atomic E-state index is -0.907. The van der Waals surface area contributed by atoms with Crippen LogP contribution in [0.5, 0.6) is 0 Å². The second-order valence-corrected chi connectivity index (χ2v) is 4.41. The first-order valence-corrected chi connectivity index (χ1v) is 5.08. The first-order chi connectivity index (χ1) is 7.82. The Hall–Kier alpha value is -2.16. The molecular weight excluding hydrogens is 220 g/mol. The van der Waals surface area contributed by atoms with Gasteiger partial charge in [0.25, 0.3) is 0 Å². The highest BCUT2D eigenvalue weighted by atomic mass is 16.4. The third-order valence-corrected chi connectivity index (χ3v) is 2.01. The monoisotopic (exact) mass is 234 g/mol. The van der Waals surface area contributed by atoms with Gasteiger partial charge in [0.1, 0.15) is 11.8 Å². The van der Waals surface area contributed by atoms with E-state index in [0.717, 1.165) is 0 Å². The Labute approximate surface area is 99.3 Å². The molecule has 1 rings (SSSR count). The number of nitrogens with one attached hydrogen (secondary N) is 1. The summed E-state index contributed by atoms with van der Waals surface area (Å²) in [7, 11) is 0. The van der Waals surface area contributed by atoms with E-state index in [-0.39, 0.29) is 18.1 Å². The molecule has 0 fully saturated rings. The lowest BCUT2D eigenvalue weighted by atomic mass is 10.0. The van der Waals surface area contributed by atoms with Crippen LogP contribution in [0, 0.1) is 18.3 Å². The fourth-order valence-corrected chi connectivity index (χ4v) is 1.41. The van der Waals surface area contributed by atoms with Crippen molar-refractivity contribution >= 4 is 11.9 Å².